The first kappa shape index (κ1) is 14.8. The predicted octanol–water partition coefficient (Wildman–Crippen LogP) is 2.09. The second-order valence-electron chi connectivity index (χ2n) is 5.20. The smallest absolute Gasteiger partial charge is 0.275 e. The Morgan fingerprint density at radius 2 is 2.09 bits per heavy atom. The number of amides is 1. The van der Waals surface area contributed by atoms with Crippen molar-refractivity contribution in [3.8, 4) is 5.75 Å². The van der Waals surface area contributed by atoms with E-state index in [1.165, 1.54) is 12.1 Å². The first-order chi connectivity index (χ1) is 11.1. The summed E-state index contributed by atoms with van der Waals surface area (Å²) in [7, 11) is 0. The molecule has 1 aliphatic heterocycles. The summed E-state index contributed by atoms with van der Waals surface area (Å²) < 4.78 is 5.58. The molecular formula is C16H15N3O4. The number of primary amides is 1. The van der Waals surface area contributed by atoms with Crippen molar-refractivity contribution in [2.24, 2.45) is 5.73 Å². The van der Waals surface area contributed by atoms with E-state index in [2.05, 4.69) is 0 Å². The minimum Gasteiger partial charge on any atom is -0.490 e. The fraction of sp³-hybridized carbons (Fsp3) is 0.188. The molecule has 7 heteroatoms. The third-order valence-electron chi connectivity index (χ3n) is 3.75. The highest BCUT2D eigenvalue weighted by molar-refractivity contribution is 5.93. The van der Waals surface area contributed by atoms with E-state index in [9.17, 15) is 14.9 Å². The lowest BCUT2D eigenvalue weighted by Gasteiger charge is -2.31. The standard InChI is InChI=1S/C16H15N3O4/c17-16(20)11-5-6-12(14(9-11)19(21)22)10-18-7-8-23-15-4-2-1-3-13(15)18/h1-6,9H,7-8,10H2,(H2,17,20). The summed E-state index contributed by atoms with van der Waals surface area (Å²) in [5, 5.41) is 11.3. The summed E-state index contributed by atoms with van der Waals surface area (Å²) in [5.41, 5.74) is 6.63. The van der Waals surface area contributed by atoms with Crippen molar-refractivity contribution in [3.63, 3.8) is 0 Å². The summed E-state index contributed by atoms with van der Waals surface area (Å²) >= 11 is 0. The van der Waals surface area contributed by atoms with E-state index in [1.807, 2.05) is 29.2 Å². The predicted molar refractivity (Wildman–Crippen MR) is 84.6 cm³/mol. The van der Waals surface area contributed by atoms with Crippen LogP contribution in [0, 0.1) is 10.1 Å². The van der Waals surface area contributed by atoms with Crippen LogP contribution in [0.5, 0.6) is 5.75 Å². The SMILES string of the molecule is NC(=O)c1ccc(CN2CCOc3ccccc32)c([N+](=O)[O-])c1. The van der Waals surface area contributed by atoms with Gasteiger partial charge in [-0.2, -0.15) is 0 Å². The van der Waals surface area contributed by atoms with Crippen molar-refractivity contribution in [2.75, 3.05) is 18.1 Å². The average Bonchev–Trinajstić information content (AvgIpc) is 2.55. The van der Waals surface area contributed by atoms with Gasteiger partial charge in [-0.05, 0) is 24.3 Å². The first-order valence-electron chi connectivity index (χ1n) is 7.10. The first-order valence-corrected chi connectivity index (χ1v) is 7.10. The molecule has 7 nitrogen and oxygen atoms in total. The molecule has 3 rings (SSSR count). The Morgan fingerprint density at radius 1 is 1.30 bits per heavy atom. The second kappa shape index (κ2) is 5.96. The molecule has 1 aliphatic rings. The van der Waals surface area contributed by atoms with Crippen molar-refractivity contribution in [3.05, 3.63) is 63.7 Å². The summed E-state index contributed by atoms with van der Waals surface area (Å²) in [6, 6.07) is 11.9. The van der Waals surface area contributed by atoms with Gasteiger partial charge in [0.15, 0.2) is 0 Å². The molecule has 0 spiro atoms. The van der Waals surface area contributed by atoms with E-state index in [0.29, 0.717) is 25.3 Å². The number of fused-ring (bicyclic) bond motifs is 1. The Balaban J connectivity index is 1.95. The summed E-state index contributed by atoms with van der Waals surface area (Å²) in [6.45, 7) is 1.51. The molecule has 0 bridgehead atoms. The van der Waals surface area contributed by atoms with Crippen LogP contribution in [0.4, 0.5) is 11.4 Å². The van der Waals surface area contributed by atoms with Crippen molar-refractivity contribution < 1.29 is 14.5 Å². The number of anilines is 1. The second-order valence-corrected chi connectivity index (χ2v) is 5.20. The Morgan fingerprint density at radius 3 is 2.83 bits per heavy atom. The molecular weight excluding hydrogens is 298 g/mol. The molecule has 118 valence electrons. The van der Waals surface area contributed by atoms with E-state index < -0.39 is 10.8 Å². The summed E-state index contributed by atoms with van der Waals surface area (Å²) in [4.78, 5) is 24.0. The molecule has 0 unspecified atom stereocenters. The number of nitrogens with zero attached hydrogens (tertiary/aromatic N) is 2. The Bertz CT molecular complexity index is 776. The topological polar surface area (TPSA) is 98.7 Å². The van der Waals surface area contributed by atoms with Crippen LogP contribution >= 0.6 is 0 Å². The van der Waals surface area contributed by atoms with Crippen molar-refractivity contribution in [2.45, 2.75) is 6.54 Å². The highest BCUT2D eigenvalue weighted by Gasteiger charge is 2.22. The number of benzene rings is 2. The Hall–Kier alpha value is -3.09. The zero-order chi connectivity index (χ0) is 16.4. The largest absolute Gasteiger partial charge is 0.490 e. The molecule has 1 heterocycles. The highest BCUT2D eigenvalue weighted by atomic mass is 16.6. The number of ether oxygens (including phenoxy) is 1. The quantitative estimate of drug-likeness (QED) is 0.688. The van der Waals surface area contributed by atoms with Gasteiger partial charge in [0, 0.05) is 23.7 Å². The molecule has 1 amide bonds. The van der Waals surface area contributed by atoms with Crippen LogP contribution in [-0.4, -0.2) is 24.0 Å². The van der Waals surface area contributed by atoms with E-state index in [-0.39, 0.29) is 11.3 Å². The molecule has 0 saturated heterocycles. The minimum atomic E-state index is -0.684. The molecule has 0 aliphatic carbocycles. The van der Waals surface area contributed by atoms with Gasteiger partial charge >= 0.3 is 0 Å². The monoisotopic (exact) mass is 313 g/mol. The van der Waals surface area contributed by atoms with Crippen LogP contribution in [0.25, 0.3) is 0 Å². The summed E-state index contributed by atoms with van der Waals surface area (Å²) in [5.74, 6) is 0.0755. The number of hydrogen-bond donors (Lipinski definition) is 1. The summed E-state index contributed by atoms with van der Waals surface area (Å²) in [6.07, 6.45) is 0. The number of carbonyl (C=O) groups excluding carboxylic acids is 1. The Kier molecular flexibility index (Phi) is 3.84. The van der Waals surface area contributed by atoms with Crippen molar-refractivity contribution in [1.82, 2.24) is 0 Å². The number of carbonyl (C=O) groups is 1. The van der Waals surface area contributed by atoms with Gasteiger partial charge in [-0.3, -0.25) is 14.9 Å². The van der Waals surface area contributed by atoms with Gasteiger partial charge in [-0.15, -0.1) is 0 Å². The van der Waals surface area contributed by atoms with Gasteiger partial charge in [0.05, 0.1) is 17.2 Å². The van der Waals surface area contributed by atoms with Crippen LogP contribution in [-0.2, 0) is 6.54 Å². The average molecular weight is 313 g/mol. The number of nitro groups is 1. The van der Waals surface area contributed by atoms with Gasteiger partial charge in [-0.1, -0.05) is 12.1 Å². The molecule has 23 heavy (non-hydrogen) atoms. The molecule has 2 aromatic rings. The van der Waals surface area contributed by atoms with Crippen LogP contribution in [0.2, 0.25) is 0 Å². The molecule has 0 atom stereocenters. The number of nitrogens with two attached hydrogens (primary N) is 1. The van der Waals surface area contributed by atoms with E-state index in [1.54, 1.807) is 6.07 Å². The zero-order valence-corrected chi connectivity index (χ0v) is 12.3. The third-order valence-corrected chi connectivity index (χ3v) is 3.75. The van der Waals surface area contributed by atoms with Crippen molar-refractivity contribution in [1.29, 1.82) is 0 Å². The minimum absolute atomic E-state index is 0.106. The number of nitro benzene ring substituents is 1. The lowest BCUT2D eigenvalue weighted by atomic mass is 10.1. The maximum Gasteiger partial charge on any atom is 0.275 e. The van der Waals surface area contributed by atoms with Crippen LogP contribution in [0.3, 0.4) is 0 Å². The van der Waals surface area contributed by atoms with Crippen LogP contribution in [0.15, 0.2) is 42.5 Å². The van der Waals surface area contributed by atoms with Gasteiger partial charge < -0.3 is 15.4 Å². The molecule has 2 N–H and O–H groups in total. The van der Waals surface area contributed by atoms with E-state index >= 15 is 0 Å². The van der Waals surface area contributed by atoms with Crippen LogP contribution in [0.1, 0.15) is 15.9 Å². The van der Waals surface area contributed by atoms with Gasteiger partial charge in [0.2, 0.25) is 5.91 Å². The molecule has 0 radical (unpaired) electrons. The lowest BCUT2D eigenvalue weighted by Crippen LogP contribution is -2.32. The van der Waals surface area contributed by atoms with Gasteiger partial charge in [0.25, 0.3) is 5.69 Å². The van der Waals surface area contributed by atoms with E-state index in [4.69, 9.17) is 10.5 Å². The maximum atomic E-state index is 11.3. The fourth-order valence-corrected chi connectivity index (χ4v) is 2.62. The number of hydrogen-bond acceptors (Lipinski definition) is 5. The molecule has 0 aromatic heterocycles. The molecule has 2 aromatic carbocycles. The van der Waals surface area contributed by atoms with Gasteiger partial charge in [-0.25, -0.2) is 0 Å². The van der Waals surface area contributed by atoms with E-state index in [0.717, 1.165) is 11.4 Å². The highest BCUT2D eigenvalue weighted by Crippen LogP contribution is 2.33. The van der Waals surface area contributed by atoms with Crippen molar-refractivity contribution >= 4 is 17.3 Å². The maximum absolute atomic E-state index is 11.3. The molecule has 0 fully saturated rings. The lowest BCUT2D eigenvalue weighted by molar-refractivity contribution is -0.385. The third kappa shape index (κ3) is 2.94. The van der Waals surface area contributed by atoms with Gasteiger partial charge in [0.1, 0.15) is 12.4 Å². The normalized spacial score (nSPS) is 13.1. The Labute approximate surface area is 132 Å². The number of para-hydroxylation sites is 2. The zero-order valence-electron chi connectivity index (χ0n) is 12.3. The van der Waals surface area contributed by atoms with Crippen LogP contribution < -0.4 is 15.4 Å². The fourth-order valence-electron chi connectivity index (χ4n) is 2.62. The molecule has 0 saturated carbocycles. The number of rotatable bonds is 4.